The smallest absolute Gasteiger partial charge is 0.248 e. The summed E-state index contributed by atoms with van der Waals surface area (Å²) in [6, 6.07) is 8.97. The Balaban J connectivity index is 1.54. The quantitative estimate of drug-likeness (QED) is 0.611. The Morgan fingerprint density at radius 1 is 1.03 bits per heavy atom. The van der Waals surface area contributed by atoms with E-state index in [1.807, 2.05) is 24.3 Å². The molecule has 3 aliphatic rings. The molecule has 5 rings (SSSR count). The third-order valence-corrected chi connectivity index (χ3v) is 7.36. The van der Waals surface area contributed by atoms with Gasteiger partial charge in [-0.25, -0.2) is 0 Å². The first-order valence-electron chi connectivity index (χ1n) is 12.8. The van der Waals surface area contributed by atoms with Crippen LogP contribution in [0.25, 0.3) is 0 Å². The molecule has 1 saturated heterocycles. The summed E-state index contributed by atoms with van der Waals surface area (Å²) in [4.78, 5) is 33.8. The predicted octanol–water partition coefficient (Wildman–Crippen LogP) is 3.71. The largest absolute Gasteiger partial charge is 0.385 e. The fraction of sp³-hybridized carbons (Fsp3) is 0.519. The number of aromatic nitrogens is 1. The lowest BCUT2D eigenvalue weighted by molar-refractivity contribution is -0.128. The molecule has 2 amide bonds. The summed E-state index contributed by atoms with van der Waals surface area (Å²) in [7, 11) is 0. The zero-order chi connectivity index (χ0) is 23.3. The van der Waals surface area contributed by atoms with Gasteiger partial charge in [0.25, 0.3) is 0 Å². The number of amides is 2. The topological polar surface area (TPSA) is 86.4 Å². The summed E-state index contributed by atoms with van der Waals surface area (Å²) in [5.41, 5.74) is 3.79. The average Bonchev–Trinajstić information content (AvgIpc) is 3.43. The third-order valence-electron chi connectivity index (χ3n) is 7.36. The summed E-state index contributed by atoms with van der Waals surface area (Å²) < 4.78 is 0. The molecule has 3 heterocycles. The molecular weight excluding hydrogens is 426 g/mol. The summed E-state index contributed by atoms with van der Waals surface area (Å²) in [5.74, 6) is -0.183. The minimum Gasteiger partial charge on any atom is -0.385 e. The second-order valence-electron chi connectivity index (χ2n) is 9.76. The molecule has 0 radical (unpaired) electrons. The van der Waals surface area contributed by atoms with Gasteiger partial charge in [-0.1, -0.05) is 31.4 Å². The number of pyridine rings is 1. The Bertz CT molecular complexity index is 999. The van der Waals surface area contributed by atoms with Crippen molar-refractivity contribution in [1.82, 2.24) is 15.6 Å². The van der Waals surface area contributed by atoms with Gasteiger partial charge in [0.1, 0.15) is 6.04 Å². The van der Waals surface area contributed by atoms with Gasteiger partial charge in [-0.05, 0) is 68.8 Å². The number of hydrogen-bond donors (Lipinski definition) is 3. The molecule has 7 heteroatoms. The molecule has 2 aliphatic heterocycles. The number of aryl methyl sites for hydroxylation is 1. The van der Waals surface area contributed by atoms with Gasteiger partial charge >= 0.3 is 0 Å². The fourth-order valence-electron chi connectivity index (χ4n) is 5.55. The van der Waals surface area contributed by atoms with Crippen molar-refractivity contribution in [3.8, 4) is 0 Å². The predicted molar refractivity (Wildman–Crippen MR) is 134 cm³/mol. The van der Waals surface area contributed by atoms with Crippen LogP contribution in [-0.4, -0.2) is 42.0 Å². The summed E-state index contributed by atoms with van der Waals surface area (Å²) in [5, 5.41) is 10.1. The van der Waals surface area contributed by atoms with Crippen molar-refractivity contribution in [3.63, 3.8) is 0 Å². The molecule has 2 aromatic rings. The Hall–Kier alpha value is -2.93. The van der Waals surface area contributed by atoms with E-state index >= 15 is 0 Å². The van der Waals surface area contributed by atoms with Crippen LogP contribution in [0, 0.1) is 0 Å². The molecule has 0 spiro atoms. The molecule has 1 aromatic heterocycles. The summed E-state index contributed by atoms with van der Waals surface area (Å²) in [6.07, 6.45) is 12.7. The standard InChI is InChI=1S/C27H35N5O2/c33-26(31-21-9-2-1-3-10-21)25(20-8-4-14-28-18-20)32(27(34)23-11-6-16-29-23)22-13-12-19-7-5-15-30-24(19)17-22/h4,8,12-14,17-18,21,23,25,29-30H,1-3,5-7,9-11,15-16H2,(H,31,33)/t23-,25?/m1/s1. The lowest BCUT2D eigenvalue weighted by Gasteiger charge is -2.35. The van der Waals surface area contributed by atoms with Gasteiger partial charge in [0, 0.05) is 41.9 Å². The molecule has 2 fully saturated rings. The van der Waals surface area contributed by atoms with Crippen LogP contribution in [0.3, 0.4) is 0 Å². The number of hydrogen-bond acceptors (Lipinski definition) is 5. The van der Waals surface area contributed by atoms with E-state index in [4.69, 9.17) is 0 Å². The Morgan fingerprint density at radius 3 is 2.68 bits per heavy atom. The normalized spacial score (nSPS) is 21.2. The van der Waals surface area contributed by atoms with Crippen molar-refractivity contribution >= 4 is 23.2 Å². The Kier molecular flexibility index (Phi) is 7.09. The van der Waals surface area contributed by atoms with E-state index in [0.29, 0.717) is 0 Å². The van der Waals surface area contributed by atoms with Gasteiger partial charge in [0.05, 0.1) is 6.04 Å². The second-order valence-corrected chi connectivity index (χ2v) is 9.76. The van der Waals surface area contributed by atoms with E-state index < -0.39 is 6.04 Å². The van der Waals surface area contributed by atoms with Crippen molar-refractivity contribution in [3.05, 3.63) is 53.9 Å². The van der Waals surface area contributed by atoms with E-state index in [1.54, 1.807) is 17.3 Å². The van der Waals surface area contributed by atoms with Crippen molar-refractivity contribution < 1.29 is 9.59 Å². The highest BCUT2D eigenvalue weighted by atomic mass is 16.2. The van der Waals surface area contributed by atoms with Gasteiger partial charge in [-0.2, -0.15) is 0 Å². The van der Waals surface area contributed by atoms with Crippen LogP contribution in [0.2, 0.25) is 0 Å². The molecular formula is C27H35N5O2. The van der Waals surface area contributed by atoms with Crippen LogP contribution >= 0.6 is 0 Å². The second kappa shape index (κ2) is 10.6. The molecule has 180 valence electrons. The summed E-state index contributed by atoms with van der Waals surface area (Å²) >= 11 is 0. The number of nitrogens with zero attached hydrogens (tertiary/aromatic N) is 2. The maximum absolute atomic E-state index is 14.0. The molecule has 7 nitrogen and oxygen atoms in total. The van der Waals surface area contributed by atoms with Crippen LogP contribution in [0.5, 0.6) is 0 Å². The van der Waals surface area contributed by atoms with Crippen molar-refractivity contribution in [1.29, 1.82) is 0 Å². The van der Waals surface area contributed by atoms with Crippen LogP contribution in [-0.2, 0) is 16.0 Å². The zero-order valence-corrected chi connectivity index (χ0v) is 19.8. The van der Waals surface area contributed by atoms with E-state index in [0.717, 1.165) is 81.4 Å². The first-order valence-corrected chi connectivity index (χ1v) is 12.8. The maximum Gasteiger partial charge on any atom is 0.248 e. The molecule has 1 unspecified atom stereocenters. The lowest BCUT2D eigenvalue weighted by Crippen LogP contribution is -2.51. The number of carbonyl (C=O) groups excluding carboxylic acids is 2. The van der Waals surface area contributed by atoms with E-state index in [1.165, 1.54) is 12.0 Å². The molecule has 34 heavy (non-hydrogen) atoms. The summed E-state index contributed by atoms with van der Waals surface area (Å²) in [6.45, 7) is 1.74. The molecule has 2 atom stereocenters. The number of rotatable bonds is 6. The number of anilines is 2. The van der Waals surface area contributed by atoms with E-state index in [-0.39, 0.29) is 23.9 Å². The fourth-order valence-corrected chi connectivity index (χ4v) is 5.55. The molecule has 1 aliphatic carbocycles. The number of nitrogens with one attached hydrogen (secondary N) is 3. The molecule has 1 saturated carbocycles. The Morgan fingerprint density at radius 2 is 1.91 bits per heavy atom. The van der Waals surface area contributed by atoms with Crippen molar-refractivity contribution in [2.45, 2.75) is 75.9 Å². The first-order chi connectivity index (χ1) is 16.7. The van der Waals surface area contributed by atoms with Gasteiger partial charge in [-0.15, -0.1) is 0 Å². The van der Waals surface area contributed by atoms with E-state index in [9.17, 15) is 9.59 Å². The maximum atomic E-state index is 14.0. The monoisotopic (exact) mass is 461 g/mol. The molecule has 1 aromatic carbocycles. The van der Waals surface area contributed by atoms with Crippen molar-refractivity contribution in [2.75, 3.05) is 23.3 Å². The van der Waals surface area contributed by atoms with Crippen LogP contribution in [0.15, 0.2) is 42.7 Å². The van der Waals surface area contributed by atoms with Crippen molar-refractivity contribution in [2.24, 2.45) is 0 Å². The van der Waals surface area contributed by atoms with Crippen LogP contribution < -0.4 is 20.9 Å². The SMILES string of the molecule is O=C(NC1CCCCC1)C(c1cccnc1)N(C(=O)[C@H]1CCCN1)c1ccc2c(c1)NCCC2. The highest BCUT2D eigenvalue weighted by molar-refractivity contribution is 6.04. The van der Waals surface area contributed by atoms with Gasteiger partial charge in [0.15, 0.2) is 0 Å². The van der Waals surface area contributed by atoms with Crippen LogP contribution in [0.4, 0.5) is 11.4 Å². The molecule has 3 N–H and O–H groups in total. The van der Waals surface area contributed by atoms with Gasteiger partial charge < -0.3 is 16.0 Å². The van der Waals surface area contributed by atoms with Gasteiger partial charge in [-0.3, -0.25) is 19.5 Å². The van der Waals surface area contributed by atoms with Gasteiger partial charge in [0.2, 0.25) is 11.8 Å². The number of carbonyl (C=O) groups is 2. The number of fused-ring (bicyclic) bond motifs is 1. The lowest BCUT2D eigenvalue weighted by atomic mass is 9.94. The number of benzene rings is 1. The Labute approximate surface area is 201 Å². The zero-order valence-electron chi connectivity index (χ0n) is 19.8. The minimum atomic E-state index is -0.771. The molecule has 0 bridgehead atoms. The minimum absolute atomic E-state index is 0.0547. The first kappa shape index (κ1) is 22.8. The highest BCUT2D eigenvalue weighted by Crippen LogP contribution is 2.34. The average molecular weight is 462 g/mol. The third kappa shape index (κ3) is 4.94. The van der Waals surface area contributed by atoms with Crippen LogP contribution in [0.1, 0.15) is 68.5 Å². The highest BCUT2D eigenvalue weighted by Gasteiger charge is 2.38. The van der Waals surface area contributed by atoms with E-state index in [2.05, 4.69) is 27.0 Å².